The third-order valence-corrected chi connectivity index (χ3v) is 6.24. The van der Waals surface area contributed by atoms with Crippen molar-refractivity contribution in [3.63, 3.8) is 0 Å². The second kappa shape index (κ2) is 7.13. The van der Waals surface area contributed by atoms with Gasteiger partial charge in [0.05, 0.1) is 18.1 Å². The highest BCUT2D eigenvalue weighted by molar-refractivity contribution is 7.87. The van der Waals surface area contributed by atoms with Crippen molar-refractivity contribution in [3.05, 3.63) is 58.5 Å². The number of nitrogens with zero attached hydrogens (tertiary/aromatic N) is 6. The molecule has 0 spiro atoms. The molecule has 0 aliphatic carbocycles. The van der Waals surface area contributed by atoms with E-state index in [9.17, 15) is 18.5 Å². The second-order valence-electron chi connectivity index (χ2n) is 6.33. The molecule has 3 heterocycles. The molecule has 11 nitrogen and oxygen atoms in total. The predicted molar refractivity (Wildman–Crippen MR) is 96.7 cm³/mol. The van der Waals surface area contributed by atoms with Crippen molar-refractivity contribution in [2.75, 3.05) is 6.61 Å². The van der Waals surface area contributed by atoms with Crippen molar-refractivity contribution in [2.24, 2.45) is 0 Å². The fourth-order valence-corrected chi connectivity index (χ4v) is 4.45. The van der Waals surface area contributed by atoms with Gasteiger partial charge < -0.3 is 10.1 Å². The number of imidazole rings is 1. The number of rotatable bonds is 6. The van der Waals surface area contributed by atoms with Gasteiger partial charge in [0.2, 0.25) is 0 Å². The zero-order chi connectivity index (χ0) is 19.7. The molecule has 0 radical (unpaired) electrons. The van der Waals surface area contributed by atoms with Crippen molar-refractivity contribution >= 4 is 16.1 Å². The van der Waals surface area contributed by atoms with Gasteiger partial charge in [-0.2, -0.15) is 8.42 Å². The molecule has 1 aliphatic rings. The van der Waals surface area contributed by atoms with Crippen LogP contribution in [0.25, 0.3) is 11.3 Å². The number of aromatic nitrogens is 5. The van der Waals surface area contributed by atoms with Crippen LogP contribution in [0.15, 0.2) is 42.9 Å². The van der Waals surface area contributed by atoms with Crippen molar-refractivity contribution in [1.29, 1.82) is 0 Å². The molecule has 12 heteroatoms. The van der Waals surface area contributed by atoms with Gasteiger partial charge in [0.1, 0.15) is 18.1 Å². The molecule has 1 fully saturated rings. The van der Waals surface area contributed by atoms with E-state index >= 15 is 0 Å². The third-order valence-electron chi connectivity index (χ3n) is 4.53. The lowest BCUT2D eigenvalue weighted by Crippen LogP contribution is -2.18. The first-order chi connectivity index (χ1) is 13.4. The van der Waals surface area contributed by atoms with Gasteiger partial charge >= 0.3 is 5.95 Å². The molecule has 0 bridgehead atoms. The Hall–Kier alpha value is -3.12. The van der Waals surface area contributed by atoms with Crippen LogP contribution in [0.5, 0.6) is 0 Å². The first-order valence-corrected chi connectivity index (χ1v) is 9.93. The van der Waals surface area contributed by atoms with E-state index in [0.717, 1.165) is 11.1 Å². The largest absolute Gasteiger partial charge is 0.436 e. The summed E-state index contributed by atoms with van der Waals surface area (Å²) in [5, 5.41) is 18.6. The van der Waals surface area contributed by atoms with Gasteiger partial charge in [-0.05, 0) is 23.3 Å². The minimum Gasteiger partial charge on any atom is -0.390 e. The van der Waals surface area contributed by atoms with E-state index in [2.05, 4.69) is 15.3 Å². The standard InChI is InChI=1S/C16H16N6O5S/c23-22(24)16-17-6-7-20(16)11-21-10-15(18-19-21)14-4-2-1-3-12(14)9-13-5-8-27-28(13,25)26/h1-4,6-7,10,13H,5,8-9,11H2. The summed E-state index contributed by atoms with van der Waals surface area (Å²) in [6.45, 7) is 0.283. The van der Waals surface area contributed by atoms with Gasteiger partial charge in [0, 0.05) is 5.56 Å². The molecule has 1 aromatic carbocycles. The molecule has 1 atom stereocenters. The highest BCUT2D eigenvalue weighted by atomic mass is 32.2. The van der Waals surface area contributed by atoms with Gasteiger partial charge in [-0.15, -0.1) is 5.10 Å². The van der Waals surface area contributed by atoms with Gasteiger partial charge in [-0.25, -0.2) is 9.25 Å². The SMILES string of the molecule is O=[N+]([O-])c1nccn1Cn1cc(-c2ccccc2CC2CCOS2(=O)=O)nn1. The summed E-state index contributed by atoms with van der Waals surface area (Å²) in [4.78, 5) is 14.1. The minimum atomic E-state index is -3.54. The highest BCUT2D eigenvalue weighted by Gasteiger charge is 2.33. The topological polar surface area (TPSA) is 135 Å². The fourth-order valence-electron chi connectivity index (χ4n) is 3.16. The lowest BCUT2D eigenvalue weighted by Gasteiger charge is -2.11. The van der Waals surface area contributed by atoms with Gasteiger partial charge in [-0.3, -0.25) is 4.18 Å². The van der Waals surface area contributed by atoms with E-state index in [1.807, 2.05) is 24.3 Å². The number of nitro groups is 1. The second-order valence-corrected chi connectivity index (χ2v) is 8.21. The molecule has 0 N–H and O–H groups in total. The summed E-state index contributed by atoms with van der Waals surface area (Å²) in [6, 6.07) is 7.35. The Kier molecular flexibility index (Phi) is 4.65. The average molecular weight is 404 g/mol. The quantitative estimate of drug-likeness (QED) is 0.340. The van der Waals surface area contributed by atoms with Crippen LogP contribution in [0.4, 0.5) is 5.95 Å². The summed E-state index contributed by atoms with van der Waals surface area (Å²) in [5.74, 6) is -0.288. The Balaban J connectivity index is 1.59. The lowest BCUT2D eigenvalue weighted by molar-refractivity contribution is -0.396. The zero-order valence-electron chi connectivity index (χ0n) is 14.6. The van der Waals surface area contributed by atoms with E-state index in [0.29, 0.717) is 18.5 Å². The maximum Gasteiger partial charge on any atom is 0.436 e. The van der Waals surface area contributed by atoms with Crippen molar-refractivity contribution in [3.8, 4) is 11.3 Å². The van der Waals surface area contributed by atoms with E-state index in [4.69, 9.17) is 4.18 Å². The molecule has 0 amide bonds. The molecule has 1 saturated heterocycles. The Bertz CT molecular complexity index is 1120. The smallest absolute Gasteiger partial charge is 0.390 e. The van der Waals surface area contributed by atoms with Gasteiger partial charge in [-0.1, -0.05) is 34.5 Å². The van der Waals surface area contributed by atoms with E-state index in [1.165, 1.54) is 21.6 Å². The van der Waals surface area contributed by atoms with E-state index in [-0.39, 0.29) is 19.2 Å². The lowest BCUT2D eigenvalue weighted by atomic mass is 10.00. The number of hydrogen-bond donors (Lipinski definition) is 0. The molecule has 1 unspecified atom stereocenters. The van der Waals surface area contributed by atoms with Crippen LogP contribution in [0, 0.1) is 10.1 Å². The minimum absolute atomic E-state index is 0.0797. The number of hydrogen-bond acceptors (Lipinski definition) is 8. The van der Waals surface area contributed by atoms with E-state index < -0.39 is 20.3 Å². The Labute approximate surface area is 159 Å². The van der Waals surface area contributed by atoms with Crippen LogP contribution in [0.3, 0.4) is 0 Å². The van der Waals surface area contributed by atoms with Crippen LogP contribution >= 0.6 is 0 Å². The molecule has 3 aromatic rings. The zero-order valence-corrected chi connectivity index (χ0v) is 15.4. The molecule has 28 heavy (non-hydrogen) atoms. The summed E-state index contributed by atoms with van der Waals surface area (Å²) >= 11 is 0. The summed E-state index contributed by atoms with van der Waals surface area (Å²) in [6.07, 6.45) is 5.25. The van der Waals surface area contributed by atoms with Crippen molar-refractivity contribution in [2.45, 2.75) is 24.8 Å². The van der Waals surface area contributed by atoms with E-state index in [1.54, 1.807) is 6.20 Å². The first-order valence-electron chi connectivity index (χ1n) is 8.46. The Morgan fingerprint density at radius 3 is 2.89 bits per heavy atom. The molecule has 0 saturated carbocycles. The summed E-state index contributed by atoms with van der Waals surface area (Å²) in [5.41, 5.74) is 2.13. The summed E-state index contributed by atoms with van der Waals surface area (Å²) in [7, 11) is -3.54. The molecule has 4 rings (SSSR count). The summed E-state index contributed by atoms with van der Waals surface area (Å²) < 4.78 is 31.6. The first kappa shape index (κ1) is 18.3. The Morgan fingerprint density at radius 1 is 1.32 bits per heavy atom. The number of benzene rings is 1. The van der Waals surface area contributed by atoms with Gasteiger partial charge in [0.25, 0.3) is 10.1 Å². The van der Waals surface area contributed by atoms with Crippen LogP contribution in [0.1, 0.15) is 12.0 Å². The van der Waals surface area contributed by atoms with Gasteiger partial charge in [0.15, 0.2) is 6.67 Å². The maximum atomic E-state index is 12.0. The van der Waals surface area contributed by atoms with Crippen LogP contribution in [-0.4, -0.2) is 49.7 Å². The predicted octanol–water partition coefficient (Wildman–Crippen LogP) is 1.22. The molecular weight excluding hydrogens is 388 g/mol. The molecule has 146 valence electrons. The van der Waals surface area contributed by atoms with Crippen LogP contribution in [-0.2, 0) is 27.4 Å². The van der Waals surface area contributed by atoms with Crippen molar-refractivity contribution < 1.29 is 17.5 Å². The fraction of sp³-hybridized carbons (Fsp3) is 0.312. The maximum absolute atomic E-state index is 12.0. The normalized spacial score (nSPS) is 18.4. The van der Waals surface area contributed by atoms with Crippen LogP contribution < -0.4 is 0 Å². The Morgan fingerprint density at radius 2 is 2.14 bits per heavy atom. The average Bonchev–Trinajstić information content (AvgIpc) is 3.37. The monoisotopic (exact) mass is 404 g/mol. The van der Waals surface area contributed by atoms with Crippen molar-refractivity contribution in [1.82, 2.24) is 24.5 Å². The third kappa shape index (κ3) is 3.51. The highest BCUT2D eigenvalue weighted by Crippen LogP contribution is 2.27. The molecule has 2 aromatic heterocycles. The molecule has 1 aliphatic heterocycles. The van der Waals surface area contributed by atoms with Crippen LogP contribution in [0.2, 0.25) is 0 Å². The molecular formula is C16H16N6O5S.